The van der Waals surface area contributed by atoms with Gasteiger partial charge in [0.25, 0.3) is 0 Å². The van der Waals surface area contributed by atoms with Crippen molar-refractivity contribution in [2.24, 2.45) is 0 Å². The van der Waals surface area contributed by atoms with E-state index in [9.17, 15) is 0 Å². The Bertz CT molecular complexity index is 253. The smallest absolute Gasteiger partial charge is 0.0440 e. The van der Waals surface area contributed by atoms with Gasteiger partial charge in [0.1, 0.15) is 0 Å². The zero-order chi connectivity index (χ0) is 8.97. The molecule has 0 fully saturated rings. The molecule has 12 heavy (non-hydrogen) atoms. The normalized spacial score (nSPS) is 10.2. The zero-order valence-electron chi connectivity index (χ0n) is 7.73. The highest BCUT2D eigenvalue weighted by Crippen LogP contribution is 2.19. The molecule has 0 aliphatic rings. The second-order valence-electron chi connectivity index (χ2n) is 3.20. The van der Waals surface area contributed by atoms with Gasteiger partial charge in [0.2, 0.25) is 0 Å². The Labute approximate surface area is 79.6 Å². The number of benzene rings is 1. The van der Waals surface area contributed by atoms with Crippen LogP contribution in [0.4, 0.5) is 0 Å². The van der Waals surface area contributed by atoms with E-state index in [1.165, 1.54) is 24.0 Å². The lowest BCUT2D eigenvalue weighted by Gasteiger charge is -2.03. The lowest BCUT2D eigenvalue weighted by Crippen LogP contribution is -1.86. The molecule has 0 radical (unpaired) electrons. The monoisotopic (exact) mass is 182 g/mol. The number of halogens is 1. The minimum Gasteiger partial charge on any atom is -0.0840 e. The number of unbranched alkanes of at least 4 members (excludes halogenated alkanes) is 1. The highest BCUT2D eigenvalue weighted by atomic mass is 35.5. The maximum absolute atomic E-state index is 6.07. The van der Waals surface area contributed by atoms with Gasteiger partial charge in [-0.15, -0.1) is 0 Å². The van der Waals surface area contributed by atoms with Crippen LogP contribution in [0.1, 0.15) is 30.9 Å². The maximum Gasteiger partial charge on any atom is 0.0440 e. The van der Waals surface area contributed by atoms with Crippen molar-refractivity contribution >= 4 is 11.6 Å². The van der Waals surface area contributed by atoms with Gasteiger partial charge >= 0.3 is 0 Å². The van der Waals surface area contributed by atoms with Crippen molar-refractivity contribution in [1.82, 2.24) is 0 Å². The molecule has 0 aliphatic heterocycles. The average molecular weight is 183 g/mol. The van der Waals surface area contributed by atoms with E-state index in [1.807, 2.05) is 6.07 Å². The summed E-state index contributed by atoms with van der Waals surface area (Å²) < 4.78 is 0. The third kappa shape index (κ3) is 2.53. The van der Waals surface area contributed by atoms with E-state index in [4.69, 9.17) is 11.6 Å². The van der Waals surface area contributed by atoms with Gasteiger partial charge in [-0.05, 0) is 37.0 Å². The number of hydrogen-bond donors (Lipinski definition) is 0. The van der Waals surface area contributed by atoms with Crippen LogP contribution in [0.15, 0.2) is 18.2 Å². The summed E-state index contributed by atoms with van der Waals surface area (Å²) in [6, 6.07) is 6.29. The average Bonchev–Trinajstić information content (AvgIpc) is 2.03. The van der Waals surface area contributed by atoms with Crippen molar-refractivity contribution in [2.75, 3.05) is 0 Å². The van der Waals surface area contributed by atoms with Crippen LogP contribution in [-0.4, -0.2) is 0 Å². The first-order valence-corrected chi connectivity index (χ1v) is 4.87. The van der Waals surface area contributed by atoms with Crippen molar-refractivity contribution in [2.45, 2.75) is 33.1 Å². The standard InChI is InChI=1S/C11H15Cl/c1-3-4-5-10-7-6-9(2)8-11(10)12/h6-8H,3-5H2,1-2H3. The molecule has 0 heterocycles. The zero-order valence-corrected chi connectivity index (χ0v) is 8.49. The second-order valence-corrected chi connectivity index (χ2v) is 3.61. The predicted octanol–water partition coefficient (Wildman–Crippen LogP) is 3.99. The van der Waals surface area contributed by atoms with E-state index in [0.29, 0.717) is 0 Å². The number of hydrogen-bond acceptors (Lipinski definition) is 0. The van der Waals surface area contributed by atoms with E-state index < -0.39 is 0 Å². The predicted molar refractivity (Wildman–Crippen MR) is 54.8 cm³/mol. The SMILES string of the molecule is CCCCc1ccc(C)cc1Cl. The molecule has 0 amide bonds. The van der Waals surface area contributed by atoms with Crippen LogP contribution in [0.3, 0.4) is 0 Å². The van der Waals surface area contributed by atoms with Crippen molar-refractivity contribution < 1.29 is 0 Å². The van der Waals surface area contributed by atoms with Crippen LogP contribution in [0, 0.1) is 6.92 Å². The third-order valence-corrected chi connectivity index (χ3v) is 2.36. The molecule has 0 aromatic heterocycles. The van der Waals surface area contributed by atoms with Crippen LogP contribution in [-0.2, 0) is 6.42 Å². The van der Waals surface area contributed by atoms with Gasteiger partial charge < -0.3 is 0 Å². The highest BCUT2D eigenvalue weighted by Gasteiger charge is 1.98. The molecule has 0 saturated carbocycles. The summed E-state index contributed by atoms with van der Waals surface area (Å²) in [7, 11) is 0. The number of rotatable bonds is 3. The summed E-state index contributed by atoms with van der Waals surface area (Å²) in [5.74, 6) is 0. The van der Waals surface area contributed by atoms with Crippen LogP contribution >= 0.6 is 11.6 Å². The van der Waals surface area contributed by atoms with Crippen molar-refractivity contribution in [3.05, 3.63) is 34.3 Å². The van der Waals surface area contributed by atoms with Crippen molar-refractivity contribution in [3.63, 3.8) is 0 Å². The third-order valence-electron chi connectivity index (χ3n) is 2.01. The first-order valence-electron chi connectivity index (χ1n) is 4.49. The minimum atomic E-state index is 0.920. The van der Waals surface area contributed by atoms with E-state index in [-0.39, 0.29) is 0 Å². The summed E-state index contributed by atoms with van der Waals surface area (Å²) in [5, 5.41) is 0.920. The van der Waals surface area contributed by atoms with Crippen LogP contribution < -0.4 is 0 Å². The molecule has 1 aromatic carbocycles. The van der Waals surface area contributed by atoms with Gasteiger partial charge in [-0.3, -0.25) is 0 Å². The van der Waals surface area contributed by atoms with Gasteiger partial charge in [-0.1, -0.05) is 37.1 Å². The summed E-state index contributed by atoms with van der Waals surface area (Å²) in [6.07, 6.45) is 3.56. The highest BCUT2D eigenvalue weighted by molar-refractivity contribution is 6.31. The first-order chi connectivity index (χ1) is 5.74. The summed E-state index contributed by atoms with van der Waals surface area (Å²) >= 11 is 6.07. The molecule has 0 saturated heterocycles. The lowest BCUT2D eigenvalue weighted by atomic mass is 10.1. The first kappa shape index (κ1) is 9.60. The summed E-state index contributed by atoms with van der Waals surface area (Å²) in [4.78, 5) is 0. The molecule has 1 rings (SSSR count). The maximum atomic E-state index is 6.07. The topological polar surface area (TPSA) is 0 Å². The minimum absolute atomic E-state index is 0.920. The van der Waals surface area contributed by atoms with Gasteiger partial charge in [0.15, 0.2) is 0 Å². The van der Waals surface area contributed by atoms with Crippen molar-refractivity contribution in [3.8, 4) is 0 Å². The molecule has 66 valence electrons. The Kier molecular flexibility index (Phi) is 3.61. The quantitative estimate of drug-likeness (QED) is 0.663. The van der Waals surface area contributed by atoms with Gasteiger partial charge in [-0.2, -0.15) is 0 Å². The van der Waals surface area contributed by atoms with Crippen LogP contribution in [0.2, 0.25) is 5.02 Å². The fourth-order valence-corrected chi connectivity index (χ4v) is 1.55. The van der Waals surface area contributed by atoms with Crippen molar-refractivity contribution in [1.29, 1.82) is 0 Å². The molecule has 0 N–H and O–H groups in total. The fourth-order valence-electron chi connectivity index (χ4n) is 1.22. The Morgan fingerprint density at radius 3 is 2.67 bits per heavy atom. The van der Waals surface area contributed by atoms with Gasteiger partial charge in [0.05, 0.1) is 0 Å². The van der Waals surface area contributed by atoms with Crippen LogP contribution in [0.5, 0.6) is 0 Å². The molecule has 0 atom stereocenters. The number of aryl methyl sites for hydroxylation is 2. The molecular formula is C11H15Cl. The van der Waals surface area contributed by atoms with E-state index in [1.54, 1.807) is 0 Å². The molecule has 0 nitrogen and oxygen atoms in total. The molecule has 1 aromatic rings. The molecule has 0 bridgehead atoms. The van der Waals surface area contributed by atoms with E-state index in [0.717, 1.165) is 11.4 Å². The fraction of sp³-hybridized carbons (Fsp3) is 0.455. The molecule has 0 spiro atoms. The summed E-state index contributed by atoms with van der Waals surface area (Å²) in [5.41, 5.74) is 2.52. The van der Waals surface area contributed by atoms with Crippen LogP contribution in [0.25, 0.3) is 0 Å². The second kappa shape index (κ2) is 4.51. The Balaban J connectivity index is 2.72. The lowest BCUT2D eigenvalue weighted by molar-refractivity contribution is 0.795. The van der Waals surface area contributed by atoms with E-state index >= 15 is 0 Å². The molecule has 0 aliphatic carbocycles. The van der Waals surface area contributed by atoms with Gasteiger partial charge in [-0.25, -0.2) is 0 Å². The van der Waals surface area contributed by atoms with Gasteiger partial charge in [0, 0.05) is 5.02 Å². The Hall–Kier alpha value is -0.490. The Morgan fingerprint density at radius 1 is 1.33 bits per heavy atom. The molecule has 1 heteroatoms. The largest absolute Gasteiger partial charge is 0.0840 e. The molecular weight excluding hydrogens is 168 g/mol. The Morgan fingerprint density at radius 2 is 2.08 bits per heavy atom. The summed E-state index contributed by atoms with van der Waals surface area (Å²) in [6.45, 7) is 4.26. The molecule has 0 unspecified atom stereocenters. The van der Waals surface area contributed by atoms with E-state index in [2.05, 4.69) is 26.0 Å².